The highest BCUT2D eigenvalue weighted by Crippen LogP contribution is 2.23. The summed E-state index contributed by atoms with van der Waals surface area (Å²) in [5.41, 5.74) is 9.58. The number of hydrogen-bond acceptors (Lipinski definition) is 2. The maximum Gasteiger partial charge on any atom is 0.0346 e. The molecule has 2 nitrogen and oxygen atoms in total. The van der Waals surface area contributed by atoms with E-state index in [0.717, 1.165) is 18.0 Å². The van der Waals surface area contributed by atoms with Gasteiger partial charge in [-0.3, -0.25) is 0 Å². The van der Waals surface area contributed by atoms with Gasteiger partial charge in [-0.15, -0.1) is 0 Å². The van der Waals surface area contributed by atoms with Gasteiger partial charge in [0.2, 0.25) is 0 Å². The van der Waals surface area contributed by atoms with Crippen LogP contribution in [0.2, 0.25) is 0 Å². The van der Waals surface area contributed by atoms with E-state index in [1.54, 1.807) is 0 Å². The Morgan fingerprint density at radius 2 is 2.27 bits per heavy atom. The first-order chi connectivity index (χ1) is 7.15. The Morgan fingerprint density at radius 3 is 2.93 bits per heavy atom. The fourth-order valence-electron chi connectivity index (χ4n) is 2.42. The normalized spacial score (nSPS) is 22.1. The van der Waals surface area contributed by atoms with E-state index in [2.05, 4.69) is 31.0 Å². The highest BCUT2D eigenvalue weighted by molar-refractivity contribution is 5.48. The summed E-state index contributed by atoms with van der Waals surface area (Å²) >= 11 is 0. The summed E-state index contributed by atoms with van der Waals surface area (Å²) in [4.78, 5) is 2.40. The summed E-state index contributed by atoms with van der Waals surface area (Å²) in [7, 11) is 2.19. The molecule has 2 N–H and O–H groups in total. The largest absolute Gasteiger partial charge is 0.399 e. The molecule has 0 bridgehead atoms. The van der Waals surface area contributed by atoms with Crippen molar-refractivity contribution >= 4 is 5.69 Å². The van der Waals surface area contributed by atoms with Crippen LogP contribution in [-0.2, 0) is 6.42 Å². The van der Waals surface area contributed by atoms with Crippen molar-refractivity contribution in [3.8, 4) is 0 Å². The first-order valence-corrected chi connectivity index (χ1v) is 5.68. The molecule has 1 unspecified atom stereocenters. The van der Waals surface area contributed by atoms with E-state index in [1.807, 2.05) is 6.07 Å². The van der Waals surface area contributed by atoms with Crippen molar-refractivity contribution in [1.82, 2.24) is 4.90 Å². The van der Waals surface area contributed by atoms with Gasteiger partial charge in [-0.1, -0.05) is 17.7 Å². The Balaban J connectivity index is 2.07. The Kier molecular flexibility index (Phi) is 2.96. The third-order valence-electron chi connectivity index (χ3n) is 3.30. The predicted octanol–water partition coefficient (Wildman–Crippen LogP) is 2.07. The van der Waals surface area contributed by atoms with Crippen LogP contribution in [0.1, 0.15) is 17.5 Å². The lowest BCUT2D eigenvalue weighted by Gasteiger charge is -2.12. The Morgan fingerprint density at radius 1 is 1.47 bits per heavy atom. The Hall–Kier alpha value is -1.02. The van der Waals surface area contributed by atoms with Crippen molar-refractivity contribution in [1.29, 1.82) is 0 Å². The van der Waals surface area contributed by atoms with Gasteiger partial charge >= 0.3 is 0 Å². The van der Waals surface area contributed by atoms with Gasteiger partial charge in [-0.05, 0) is 50.9 Å². The summed E-state index contributed by atoms with van der Waals surface area (Å²) in [5, 5.41) is 0. The minimum atomic E-state index is 0.791. The van der Waals surface area contributed by atoms with Gasteiger partial charge in [0.05, 0.1) is 0 Å². The highest BCUT2D eigenvalue weighted by atomic mass is 15.1. The first kappa shape index (κ1) is 10.5. The van der Waals surface area contributed by atoms with Gasteiger partial charge in [0.25, 0.3) is 0 Å². The number of aryl methyl sites for hydroxylation is 1. The van der Waals surface area contributed by atoms with Gasteiger partial charge in [-0.2, -0.15) is 0 Å². The van der Waals surface area contributed by atoms with Crippen LogP contribution in [0.4, 0.5) is 5.69 Å². The summed E-state index contributed by atoms with van der Waals surface area (Å²) in [6.45, 7) is 4.58. The summed E-state index contributed by atoms with van der Waals surface area (Å²) < 4.78 is 0. The first-order valence-electron chi connectivity index (χ1n) is 5.68. The monoisotopic (exact) mass is 204 g/mol. The highest BCUT2D eigenvalue weighted by Gasteiger charge is 2.20. The third kappa shape index (κ3) is 2.51. The quantitative estimate of drug-likeness (QED) is 0.747. The number of benzene rings is 1. The third-order valence-corrected chi connectivity index (χ3v) is 3.30. The predicted molar refractivity (Wildman–Crippen MR) is 64.9 cm³/mol. The SMILES string of the molecule is Cc1ccc(N)c(CC2CCN(C)C2)c1. The number of nitrogens with two attached hydrogens (primary N) is 1. The van der Waals surface area contributed by atoms with E-state index >= 15 is 0 Å². The molecule has 1 aromatic rings. The average Bonchev–Trinajstić information content (AvgIpc) is 2.58. The van der Waals surface area contributed by atoms with Crippen LogP contribution in [0.15, 0.2) is 18.2 Å². The average molecular weight is 204 g/mol. The fourth-order valence-corrected chi connectivity index (χ4v) is 2.42. The molecular formula is C13H20N2. The number of hydrogen-bond donors (Lipinski definition) is 1. The van der Waals surface area contributed by atoms with Gasteiger partial charge in [-0.25, -0.2) is 0 Å². The summed E-state index contributed by atoms with van der Waals surface area (Å²) in [5.74, 6) is 0.791. The van der Waals surface area contributed by atoms with E-state index in [1.165, 1.54) is 30.6 Å². The van der Waals surface area contributed by atoms with Crippen LogP contribution in [0.25, 0.3) is 0 Å². The molecular weight excluding hydrogens is 184 g/mol. The minimum absolute atomic E-state index is 0.791. The van der Waals surface area contributed by atoms with E-state index < -0.39 is 0 Å². The zero-order valence-corrected chi connectivity index (χ0v) is 9.66. The van der Waals surface area contributed by atoms with Crippen molar-refractivity contribution < 1.29 is 0 Å². The Labute approximate surface area is 92.1 Å². The van der Waals surface area contributed by atoms with Crippen LogP contribution in [0.3, 0.4) is 0 Å². The maximum atomic E-state index is 5.99. The second kappa shape index (κ2) is 4.23. The molecule has 2 rings (SSSR count). The molecule has 1 aliphatic heterocycles. The molecule has 1 saturated heterocycles. The molecule has 2 heteroatoms. The maximum absolute atomic E-state index is 5.99. The zero-order valence-electron chi connectivity index (χ0n) is 9.66. The molecule has 1 atom stereocenters. The molecule has 82 valence electrons. The van der Waals surface area contributed by atoms with Crippen molar-refractivity contribution in [3.05, 3.63) is 29.3 Å². The fraction of sp³-hybridized carbons (Fsp3) is 0.538. The van der Waals surface area contributed by atoms with Gasteiger partial charge in [0, 0.05) is 12.2 Å². The van der Waals surface area contributed by atoms with E-state index in [-0.39, 0.29) is 0 Å². The van der Waals surface area contributed by atoms with Crippen LogP contribution < -0.4 is 5.73 Å². The zero-order chi connectivity index (χ0) is 10.8. The summed E-state index contributed by atoms with van der Waals surface area (Å²) in [6, 6.07) is 6.34. The minimum Gasteiger partial charge on any atom is -0.399 e. The second-order valence-electron chi connectivity index (χ2n) is 4.82. The van der Waals surface area contributed by atoms with Crippen LogP contribution in [0, 0.1) is 12.8 Å². The van der Waals surface area contributed by atoms with Gasteiger partial charge < -0.3 is 10.6 Å². The van der Waals surface area contributed by atoms with E-state index in [0.29, 0.717) is 0 Å². The van der Waals surface area contributed by atoms with Gasteiger partial charge in [0.15, 0.2) is 0 Å². The van der Waals surface area contributed by atoms with Crippen molar-refractivity contribution in [2.45, 2.75) is 19.8 Å². The second-order valence-corrected chi connectivity index (χ2v) is 4.82. The van der Waals surface area contributed by atoms with Crippen LogP contribution in [-0.4, -0.2) is 25.0 Å². The van der Waals surface area contributed by atoms with Crippen molar-refractivity contribution in [2.24, 2.45) is 5.92 Å². The number of likely N-dealkylation sites (tertiary alicyclic amines) is 1. The van der Waals surface area contributed by atoms with E-state index in [9.17, 15) is 0 Å². The standard InChI is InChI=1S/C13H20N2/c1-10-3-4-13(14)12(7-10)8-11-5-6-15(2)9-11/h3-4,7,11H,5-6,8-9,14H2,1-2H3. The molecule has 1 fully saturated rings. The lowest BCUT2D eigenvalue weighted by Crippen LogP contribution is -2.15. The van der Waals surface area contributed by atoms with Crippen molar-refractivity contribution in [2.75, 3.05) is 25.9 Å². The lowest BCUT2D eigenvalue weighted by atomic mass is 9.96. The van der Waals surface area contributed by atoms with Crippen molar-refractivity contribution in [3.63, 3.8) is 0 Å². The molecule has 0 aromatic heterocycles. The molecule has 0 spiro atoms. The van der Waals surface area contributed by atoms with Crippen LogP contribution >= 0.6 is 0 Å². The molecule has 1 aliphatic rings. The molecule has 1 aromatic carbocycles. The smallest absolute Gasteiger partial charge is 0.0346 e. The molecule has 0 aliphatic carbocycles. The number of nitrogen functional groups attached to an aromatic ring is 1. The summed E-state index contributed by atoms with van der Waals surface area (Å²) in [6.07, 6.45) is 2.45. The number of anilines is 1. The lowest BCUT2D eigenvalue weighted by molar-refractivity contribution is 0.394. The van der Waals surface area contributed by atoms with E-state index in [4.69, 9.17) is 5.73 Å². The molecule has 1 heterocycles. The molecule has 0 radical (unpaired) electrons. The molecule has 0 saturated carbocycles. The topological polar surface area (TPSA) is 29.3 Å². The Bertz CT molecular complexity index is 346. The number of rotatable bonds is 2. The molecule has 15 heavy (non-hydrogen) atoms. The number of nitrogens with zero attached hydrogens (tertiary/aromatic N) is 1. The van der Waals surface area contributed by atoms with Crippen LogP contribution in [0.5, 0.6) is 0 Å². The van der Waals surface area contributed by atoms with Gasteiger partial charge in [0.1, 0.15) is 0 Å². The molecule has 0 amide bonds.